The molecule has 2 rings (SSSR count). The number of pyridine rings is 1. The highest BCUT2D eigenvalue weighted by Gasteiger charge is 2.12. The van der Waals surface area contributed by atoms with Crippen LogP contribution in [0.2, 0.25) is 5.02 Å². The fourth-order valence-electron chi connectivity index (χ4n) is 1.69. The van der Waals surface area contributed by atoms with Crippen LogP contribution in [0, 0.1) is 6.92 Å². The minimum atomic E-state index is 0.353. The second-order valence-electron chi connectivity index (χ2n) is 3.59. The largest absolute Gasteiger partial charge is 0.310 e. The first kappa shape index (κ1) is 9.46. The Hall–Kier alpha value is -1.09. The molecule has 0 radical (unpaired) electrons. The van der Waals surface area contributed by atoms with Crippen LogP contribution in [0.1, 0.15) is 25.7 Å². The number of hydrogen-bond acceptors (Lipinski definition) is 2. The van der Waals surface area contributed by atoms with Crippen molar-refractivity contribution in [1.29, 1.82) is 0 Å². The Balaban J connectivity index is 2.83. The molecule has 0 aliphatic heterocycles. The Kier molecular flexibility index (Phi) is 2.19. The van der Waals surface area contributed by atoms with Crippen molar-refractivity contribution in [2.24, 2.45) is 0 Å². The molecular weight excluding hydrogens is 198 g/mol. The molecule has 0 unspecified atom stereocenters. The molecule has 0 spiro atoms. The number of fused-ring (bicyclic) bond motifs is 1. The number of nitrogens with zero attached hydrogens (tertiary/aromatic N) is 3. The quantitative estimate of drug-likeness (QED) is 0.723. The number of imidazole rings is 1. The molecule has 0 aliphatic rings. The molecule has 2 aromatic rings. The summed E-state index contributed by atoms with van der Waals surface area (Å²) in [7, 11) is 0. The van der Waals surface area contributed by atoms with E-state index in [1.807, 2.05) is 6.92 Å². The average molecular weight is 210 g/mol. The molecule has 0 N–H and O–H groups in total. The van der Waals surface area contributed by atoms with Crippen molar-refractivity contribution >= 4 is 22.8 Å². The van der Waals surface area contributed by atoms with Gasteiger partial charge in [-0.25, -0.2) is 9.97 Å². The minimum absolute atomic E-state index is 0.353. The van der Waals surface area contributed by atoms with Crippen LogP contribution in [0.4, 0.5) is 0 Å². The number of aryl methyl sites for hydroxylation is 1. The maximum Gasteiger partial charge on any atom is 0.161 e. The van der Waals surface area contributed by atoms with Gasteiger partial charge in [-0.3, -0.25) is 0 Å². The van der Waals surface area contributed by atoms with E-state index in [9.17, 15) is 0 Å². The zero-order chi connectivity index (χ0) is 10.3. The van der Waals surface area contributed by atoms with E-state index in [1.165, 1.54) is 0 Å². The third-order valence-electron chi connectivity index (χ3n) is 2.22. The second kappa shape index (κ2) is 3.24. The van der Waals surface area contributed by atoms with Gasteiger partial charge >= 0.3 is 0 Å². The first-order valence-corrected chi connectivity index (χ1v) is 4.98. The summed E-state index contributed by atoms with van der Waals surface area (Å²) >= 11 is 6.03. The van der Waals surface area contributed by atoms with Gasteiger partial charge in [0, 0.05) is 12.2 Å². The van der Waals surface area contributed by atoms with Crippen LogP contribution in [0.5, 0.6) is 0 Å². The first-order chi connectivity index (χ1) is 6.61. The van der Waals surface area contributed by atoms with Crippen molar-refractivity contribution < 1.29 is 0 Å². The van der Waals surface area contributed by atoms with Crippen molar-refractivity contribution in [3.63, 3.8) is 0 Å². The van der Waals surface area contributed by atoms with Gasteiger partial charge in [0.05, 0.1) is 5.02 Å². The fourth-order valence-corrected chi connectivity index (χ4v) is 1.87. The first-order valence-electron chi connectivity index (χ1n) is 4.60. The minimum Gasteiger partial charge on any atom is -0.310 e. The zero-order valence-electron chi connectivity index (χ0n) is 8.45. The summed E-state index contributed by atoms with van der Waals surface area (Å²) in [5, 5.41) is 0.664. The van der Waals surface area contributed by atoms with Gasteiger partial charge in [0.15, 0.2) is 5.65 Å². The van der Waals surface area contributed by atoms with Crippen LogP contribution >= 0.6 is 11.6 Å². The molecule has 2 aromatic heterocycles. The zero-order valence-corrected chi connectivity index (χ0v) is 9.21. The molecule has 0 fully saturated rings. The van der Waals surface area contributed by atoms with Crippen LogP contribution in [0.3, 0.4) is 0 Å². The summed E-state index contributed by atoms with van der Waals surface area (Å²) in [6, 6.07) is 2.12. The van der Waals surface area contributed by atoms with Crippen molar-refractivity contribution in [2.45, 2.75) is 26.8 Å². The second-order valence-corrected chi connectivity index (χ2v) is 3.99. The Morgan fingerprint density at radius 3 is 2.79 bits per heavy atom. The van der Waals surface area contributed by atoms with E-state index in [2.05, 4.69) is 28.4 Å². The maximum atomic E-state index is 6.03. The van der Waals surface area contributed by atoms with Gasteiger partial charge in [-0.15, -0.1) is 0 Å². The van der Waals surface area contributed by atoms with E-state index in [0.29, 0.717) is 11.1 Å². The van der Waals surface area contributed by atoms with Crippen molar-refractivity contribution in [3.05, 3.63) is 23.1 Å². The molecule has 0 amide bonds. The molecule has 74 valence electrons. The molecule has 0 saturated heterocycles. The van der Waals surface area contributed by atoms with Crippen LogP contribution in [0.15, 0.2) is 12.3 Å². The third-order valence-corrected chi connectivity index (χ3v) is 2.53. The van der Waals surface area contributed by atoms with Gasteiger partial charge in [0.25, 0.3) is 0 Å². The molecule has 3 nitrogen and oxygen atoms in total. The van der Waals surface area contributed by atoms with E-state index in [1.54, 1.807) is 12.3 Å². The normalized spacial score (nSPS) is 11.5. The summed E-state index contributed by atoms with van der Waals surface area (Å²) in [4.78, 5) is 8.70. The molecule has 0 aromatic carbocycles. The van der Waals surface area contributed by atoms with Gasteiger partial charge in [0.2, 0.25) is 0 Å². The van der Waals surface area contributed by atoms with Crippen LogP contribution in [0.25, 0.3) is 11.2 Å². The Morgan fingerprint density at radius 1 is 1.43 bits per heavy atom. The monoisotopic (exact) mass is 209 g/mol. The molecular formula is C10H12ClN3. The van der Waals surface area contributed by atoms with Gasteiger partial charge in [-0.05, 0) is 26.8 Å². The maximum absolute atomic E-state index is 6.03. The highest BCUT2D eigenvalue weighted by molar-refractivity contribution is 6.34. The lowest BCUT2D eigenvalue weighted by Gasteiger charge is -2.09. The van der Waals surface area contributed by atoms with E-state index >= 15 is 0 Å². The van der Waals surface area contributed by atoms with Gasteiger partial charge in [-0.2, -0.15) is 0 Å². The smallest absolute Gasteiger partial charge is 0.161 e. The molecule has 4 heteroatoms. The predicted octanol–water partition coefficient (Wildman–Crippen LogP) is 2.97. The van der Waals surface area contributed by atoms with Gasteiger partial charge < -0.3 is 4.57 Å². The molecule has 0 aliphatic carbocycles. The Bertz CT molecular complexity index is 473. The summed E-state index contributed by atoms with van der Waals surface area (Å²) in [6.07, 6.45) is 1.71. The van der Waals surface area contributed by atoms with Crippen molar-refractivity contribution in [3.8, 4) is 0 Å². The predicted molar refractivity (Wildman–Crippen MR) is 57.7 cm³/mol. The highest BCUT2D eigenvalue weighted by Crippen LogP contribution is 2.24. The summed E-state index contributed by atoms with van der Waals surface area (Å²) in [5.41, 5.74) is 1.66. The van der Waals surface area contributed by atoms with Crippen molar-refractivity contribution in [2.75, 3.05) is 0 Å². The topological polar surface area (TPSA) is 30.7 Å². The SMILES string of the molecule is Cc1nc2c(Cl)ccnc2n1C(C)C. The lowest BCUT2D eigenvalue weighted by molar-refractivity contribution is 0.595. The van der Waals surface area contributed by atoms with Crippen LogP contribution in [-0.4, -0.2) is 14.5 Å². The standard InChI is InChI=1S/C10H12ClN3/c1-6(2)14-7(3)13-9-8(11)4-5-12-10(9)14/h4-6H,1-3H3. The molecule has 14 heavy (non-hydrogen) atoms. The van der Waals surface area contributed by atoms with E-state index < -0.39 is 0 Å². The van der Waals surface area contributed by atoms with E-state index in [-0.39, 0.29) is 0 Å². The molecule has 0 atom stereocenters. The van der Waals surface area contributed by atoms with E-state index in [0.717, 1.165) is 17.0 Å². The number of halogens is 1. The Morgan fingerprint density at radius 2 is 2.14 bits per heavy atom. The highest BCUT2D eigenvalue weighted by atomic mass is 35.5. The summed E-state index contributed by atoms with van der Waals surface area (Å²) < 4.78 is 2.08. The summed E-state index contributed by atoms with van der Waals surface area (Å²) in [6.45, 7) is 6.19. The number of aromatic nitrogens is 3. The van der Waals surface area contributed by atoms with Gasteiger partial charge in [0.1, 0.15) is 11.3 Å². The lowest BCUT2D eigenvalue weighted by Crippen LogP contribution is -2.03. The third kappa shape index (κ3) is 1.28. The molecule has 0 bridgehead atoms. The average Bonchev–Trinajstić information content (AvgIpc) is 2.42. The lowest BCUT2D eigenvalue weighted by atomic mass is 10.3. The van der Waals surface area contributed by atoms with Gasteiger partial charge in [-0.1, -0.05) is 11.6 Å². The van der Waals surface area contributed by atoms with E-state index in [4.69, 9.17) is 11.6 Å². The molecule has 2 heterocycles. The number of rotatable bonds is 1. The van der Waals surface area contributed by atoms with Crippen molar-refractivity contribution in [1.82, 2.24) is 14.5 Å². The number of hydrogen-bond donors (Lipinski definition) is 0. The van der Waals surface area contributed by atoms with Crippen LogP contribution in [-0.2, 0) is 0 Å². The Labute approximate surface area is 87.7 Å². The fraction of sp³-hybridized carbons (Fsp3) is 0.400. The molecule has 0 saturated carbocycles. The summed E-state index contributed by atoms with van der Waals surface area (Å²) in [5.74, 6) is 0.954. The van der Waals surface area contributed by atoms with Crippen LogP contribution < -0.4 is 0 Å².